The van der Waals surface area contributed by atoms with E-state index in [0.717, 1.165) is 16.0 Å². The van der Waals surface area contributed by atoms with E-state index in [0.29, 0.717) is 5.71 Å². The summed E-state index contributed by atoms with van der Waals surface area (Å²) in [4.78, 5) is 6.41. The van der Waals surface area contributed by atoms with Gasteiger partial charge >= 0.3 is 6.98 Å². The number of hydrogen-bond acceptors (Lipinski definition) is 3. The summed E-state index contributed by atoms with van der Waals surface area (Å²) in [5, 5.41) is 2.18. The van der Waals surface area contributed by atoms with Crippen molar-refractivity contribution in [2.75, 3.05) is 7.05 Å². The van der Waals surface area contributed by atoms with Crippen LogP contribution in [0.3, 0.4) is 0 Å². The van der Waals surface area contributed by atoms with Crippen LogP contribution in [-0.2, 0) is 7.05 Å². The minimum absolute atomic E-state index is 0.128. The fourth-order valence-corrected chi connectivity index (χ4v) is 2.74. The van der Waals surface area contributed by atoms with Crippen LogP contribution in [0.4, 0.5) is 0 Å². The minimum atomic E-state index is 0.128. The van der Waals surface area contributed by atoms with Crippen LogP contribution in [0.1, 0.15) is 0 Å². The summed E-state index contributed by atoms with van der Waals surface area (Å²) in [6, 6.07) is 6.02. The SMILES string of the molecule is CN1C=c2oc3ncccc3c2=CB1[n+]1cccn1C. The van der Waals surface area contributed by atoms with Crippen molar-refractivity contribution < 1.29 is 9.01 Å². The Morgan fingerprint density at radius 1 is 1.30 bits per heavy atom. The van der Waals surface area contributed by atoms with E-state index in [1.54, 1.807) is 6.20 Å². The van der Waals surface area contributed by atoms with Crippen molar-refractivity contribution in [3.05, 3.63) is 47.4 Å². The van der Waals surface area contributed by atoms with E-state index in [1.807, 2.05) is 44.7 Å². The molecule has 1 aliphatic rings. The van der Waals surface area contributed by atoms with Gasteiger partial charge in [0.2, 0.25) is 5.71 Å². The molecule has 6 heteroatoms. The second kappa shape index (κ2) is 4.00. The topological polar surface area (TPSA) is 38.1 Å². The summed E-state index contributed by atoms with van der Waals surface area (Å²) in [6.45, 7) is 0.128. The largest absolute Gasteiger partial charge is 0.669 e. The van der Waals surface area contributed by atoms with E-state index in [2.05, 4.69) is 31.2 Å². The summed E-state index contributed by atoms with van der Waals surface area (Å²) >= 11 is 0. The maximum atomic E-state index is 5.80. The van der Waals surface area contributed by atoms with Crippen molar-refractivity contribution in [2.45, 2.75) is 0 Å². The van der Waals surface area contributed by atoms with Crippen molar-refractivity contribution in [3.8, 4) is 0 Å². The number of aromatic nitrogens is 3. The van der Waals surface area contributed by atoms with Crippen molar-refractivity contribution in [1.29, 1.82) is 0 Å². The Kier molecular flexibility index (Phi) is 2.27. The maximum absolute atomic E-state index is 5.80. The molecule has 20 heavy (non-hydrogen) atoms. The number of nitrogens with zero attached hydrogens (tertiary/aromatic N) is 4. The molecule has 1 aliphatic heterocycles. The summed E-state index contributed by atoms with van der Waals surface area (Å²) in [5.74, 6) is 2.21. The molecule has 0 radical (unpaired) electrons. The molecule has 0 fully saturated rings. The highest BCUT2D eigenvalue weighted by molar-refractivity contribution is 6.63. The second-order valence-corrected chi connectivity index (χ2v) is 5.06. The third-order valence-corrected chi connectivity index (χ3v) is 3.76. The molecule has 5 nitrogen and oxygen atoms in total. The predicted molar refractivity (Wildman–Crippen MR) is 76.7 cm³/mol. The lowest BCUT2D eigenvalue weighted by Gasteiger charge is -2.15. The Hall–Kier alpha value is -2.50. The Morgan fingerprint density at radius 3 is 3.00 bits per heavy atom. The van der Waals surface area contributed by atoms with Crippen LogP contribution >= 0.6 is 0 Å². The predicted octanol–water partition coefficient (Wildman–Crippen LogP) is -0.507. The van der Waals surface area contributed by atoms with Crippen LogP contribution in [-0.4, -0.2) is 28.5 Å². The van der Waals surface area contributed by atoms with Gasteiger partial charge in [0.15, 0.2) is 11.6 Å². The number of hydrogen-bond donors (Lipinski definition) is 0. The van der Waals surface area contributed by atoms with Gasteiger partial charge in [0, 0.05) is 35.0 Å². The average molecular weight is 265 g/mol. The first-order valence-electron chi connectivity index (χ1n) is 6.56. The highest BCUT2D eigenvalue weighted by Crippen LogP contribution is 2.05. The number of rotatable bonds is 1. The zero-order valence-electron chi connectivity index (χ0n) is 11.4. The monoisotopic (exact) mass is 265 g/mol. The highest BCUT2D eigenvalue weighted by atomic mass is 16.3. The first-order chi connectivity index (χ1) is 9.74. The van der Waals surface area contributed by atoms with Crippen molar-refractivity contribution in [2.24, 2.45) is 7.05 Å². The van der Waals surface area contributed by atoms with E-state index in [4.69, 9.17) is 4.42 Å². The van der Waals surface area contributed by atoms with Crippen LogP contribution in [0.2, 0.25) is 0 Å². The zero-order chi connectivity index (χ0) is 13.7. The molecule has 98 valence electrons. The third kappa shape index (κ3) is 1.51. The first kappa shape index (κ1) is 11.3. The molecule has 4 rings (SSSR count). The van der Waals surface area contributed by atoms with Gasteiger partial charge in [-0.2, -0.15) is 9.27 Å². The van der Waals surface area contributed by atoms with E-state index in [9.17, 15) is 0 Å². The Bertz CT molecular complexity index is 911. The van der Waals surface area contributed by atoms with E-state index >= 15 is 0 Å². The van der Waals surface area contributed by atoms with Crippen LogP contribution in [0.25, 0.3) is 23.3 Å². The number of pyridine rings is 1. The molecule has 0 bridgehead atoms. The molecule has 0 N–H and O–H groups in total. The molecule has 0 atom stereocenters. The fourth-order valence-electron chi connectivity index (χ4n) is 2.74. The summed E-state index contributed by atoms with van der Waals surface area (Å²) in [6.07, 6.45) is 7.88. The molecule has 0 unspecified atom stereocenters. The number of fused-ring (bicyclic) bond motifs is 3. The first-order valence-corrected chi connectivity index (χ1v) is 6.56. The van der Waals surface area contributed by atoms with Crippen LogP contribution < -0.4 is 15.2 Å². The molecule has 0 aliphatic carbocycles. The zero-order valence-corrected chi connectivity index (χ0v) is 11.4. The quantitative estimate of drug-likeness (QED) is 0.556. The van der Waals surface area contributed by atoms with Gasteiger partial charge in [0.25, 0.3) is 0 Å². The lowest BCUT2D eigenvalue weighted by atomic mass is 9.72. The van der Waals surface area contributed by atoms with Gasteiger partial charge in [-0.25, -0.2) is 4.98 Å². The molecular weight excluding hydrogens is 251 g/mol. The van der Waals surface area contributed by atoms with Gasteiger partial charge in [-0.1, -0.05) is 0 Å². The van der Waals surface area contributed by atoms with Crippen LogP contribution in [0, 0.1) is 0 Å². The molecule has 0 saturated heterocycles. The molecule has 0 spiro atoms. The number of aryl methyl sites for hydroxylation is 1. The van der Waals surface area contributed by atoms with E-state index < -0.39 is 0 Å². The Labute approximate surface area is 116 Å². The molecule has 0 saturated carbocycles. The molecular formula is C14H14BN4O+. The van der Waals surface area contributed by atoms with Gasteiger partial charge in [-0.05, 0) is 19.2 Å². The van der Waals surface area contributed by atoms with Gasteiger partial charge in [-0.3, -0.25) is 0 Å². The minimum Gasteiger partial charge on any atom is -0.436 e. The van der Waals surface area contributed by atoms with E-state index in [-0.39, 0.29) is 6.98 Å². The molecule has 0 aromatic carbocycles. The van der Waals surface area contributed by atoms with Crippen molar-refractivity contribution in [3.63, 3.8) is 0 Å². The Morgan fingerprint density at radius 2 is 2.20 bits per heavy atom. The van der Waals surface area contributed by atoms with Crippen molar-refractivity contribution >= 4 is 30.3 Å². The molecule has 3 aromatic rings. The average Bonchev–Trinajstić information content (AvgIpc) is 3.01. The standard InChI is InChI=1S/C14H14BN4O/c1-17-10-13-12(11-5-3-6-16-14(11)20-13)9-15(17)19-8-4-7-18(19)2/h3-10H,1-2H3/q+1. The lowest BCUT2D eigenvalue weighted by Crippen LogP contribution is -2.64. The van der Waals surface area contributed by atoms with Gasteiger partial charge < -0.3 is 9.23 Å². The van der Waals surface area contributed by atoms with Gasteiger partial charge in [0.1, 0.15) is 0 Å². The normalized spacial score (nSPS) is 14.1. The van der Waals surface area contributed by atoms with Gasteiger partial charge in [0.05, 0.1) is 13.2 Å². The van der Waals surface area contributed by atoms with Crippen molar-refractivity contribution in [1.82, 2.24) is 14.5 Å². The molecule has 0 amide bonds. The Balaban J connectivity index is 2.01. The fraction of sp³-hybridized carbons (Fsp3) is 0.143. The summed E-state index contributed by atoms with van der Waals surface area (Å²) in [7, 11) is 4.08. The summed E-state index contributed by atoms with van der Waals surface area (Å²) in [5.41, 5.74) is 1.56. The lowest BCUT2D eigenvalue weighted by molar-refractivity contribution is -0.632. The highest BCUT2D eigenvalue weighted by Gasteiger charge is 2.36. The maximum Gasteiger partial charge on any atom is 0.669 e. The molecule has 4 heterocycles. The molecule has 3 aromatic heterocycles. The second-order valence-electron chi connectivity index (χ2n) is 5.06. The third-order valence-electron chi connectivity index (χ3n) is 3.76. The number of furan rings is 1. The summed E-state index contributed by atoms with van der Waals surface area (Å²) < 4.78 is 10.0. The van der Waals surface area contributed by atoms with Crippen LogP contribution in [0.15, 0.2) is 41.2 Å². The van der Waals surface area contributed by atoms with Gasteiger partial charge in [-0.15, -0.1) is 0 Å². The smallest absolute Gasteiger partial charge is 0.436 e. The van der Waals surface area contributed by atoms with E-state index in [1.165, 1.54) is 0 Å². The van der Waals surface area contributed by atoms with Crippen LogP contribution in [0.5, 0.6) is 0 Å².